The molecule has 0 heterocycles. The van der Waals surface area contributed by atoms with Gasteiger partial charge in [0.1, 0.15) is 8.07 Å². The Morgan fingerprint density at radius 3 is 2.24 bits per heavy atom. The molecule has 0 saturated carbocycles. The Morgan fingerprint density at radius 2 is 1.76 bits per heavy atom. The van der Waals surface area contributed by atoms with Crippen LogP contribution in [0, 0.1) is 17.4 Å². The van der Waals surface area contributed by atoms with Gasteiger partial charge in [-0.05, 0) is 11.5 Å². The molecule has 3 heteroatoms. The fourth-order valence-corrected chi connectivity index (χ4v) is 2.74. The van der Waals surface area contributed by atoms with Crippen molar-refractivity contribution < 1.29 is 5.11 Å². The molecule has 2 nitrogen and oxygen atoms in total. The molecule has 0 aromatic heterocycles. The van der Waals surface area contributed by atoms with Gasteiger partial charge in [0.2, 0.25) is 0 Å². The molecule has 116 valence electrons. The van der Waals surface area contributed by atoms with Crippen LogP contribution in [0.15, 0.2) is 30.3 Å². The van der Waals surface area contributed by atoms with Crippen molar-refractivity contribution in [2.45, 2.75) is 52.0 Å². The zero-order valence-corrected chi connectivity index (χ0v) is 15.0. The summed E-state index contributed by atoms with van der Waals surface area (Å²) >= 11 is 0. The first-order valence-electron chi connectivity index (χ1n) is 7.75. The molecule has 0 fully saturated rings. The number of rotatable bonds is 6. The predicted octanol–water partition coefficient (Wildman–Crippen LogP) is 3.61. The van der Waals surface area contributed by atoms with Gasteiger partial charge in [-0.15, -0.1) is 11.5 Å². The number of aliphatic hydroxyl groups excluding tert-OH is 1. The first-order chi connectivity index (χ1) is 9.83. The molecule has 1 aromatic carbocycles. The number of aliphatic hydroxyl groups is 1. The Kier molecular flexibility index (Phi) is 7.17. The summed E-state index contributed by atoms with van der Waals surface area (Å²) < 4.78 is 0. The second-order valence-corrected chi connectivity index (χ2v) is 11.7. The van der Waals surface area contributed by atoms with Gasteiger partial charge >= 0.3 is 0 Å². The Hall–Kier alpha value is -1.08. The van der Waals surface area contributed by atoms with Crippen molar-refractivity contribution in [1.29, 1.82) is 0 Å². The summed E-state index contributed by atoms with van der Waals surface area (Å²) in [5, 5.41) is 13.2. The van der Waals surface area contributed by atoms with E-state index in [0.29, 0.717) is 12.0 Å². The van der Waals surface area contributed by atoms with E-state index in [0.717, 1.165) is 12.0 Å². The summed E-state index contributed by atoms with van der Waals surface area (Å²) in [7, 11) is -1.31. The van der Waals surface area contributed by atoms with Crippen LogP contribution in [0.5, 0.6) is 0 Å². The number of hydrogen-bond donors (Lipinski definition) is 2. The lowest BCUT2D eigenvalue weighted by Gasteiger charge is -2.26. The lowest BCUT2D eigenvalue weighted by Crippen LogP contribution is -2.38. The Morgan fingerprint density at radius 1 is 1.14 bits per heavy atom. The number of benzene rings is 1. The van der Waals surface area contributed by atoms with Crippen LogP contribution in [0.1, 0.15) is 31.9 Å². The summed E-state index contributed by atoms with van der Waals surface area (Å²) in [5.41, 5.74) is 4.55. The fraction of sp³-hybridized carbons (Fsp3) is 0.556. The van der Waals surface area contributed by atoms with Gasteiger partial charge in [0.15, 0.2) is 0 Å². The molecular weight excluding hydrogens is 274 g/mol. The maximum atomic E-state index is 9.67. The van der Waals surface area contributed by atoms with Gasteiger partial charge < -0.3 is 10.4 Å². The highest BCUT2D eigenvalue weighted by molar-refractivity contribution is 6.83. The topological polar surface area (TPSA) is 32.3 Å². The van der Waals surface area contributed by atoms with Crippen LogP contribution in [0.25, 0.3) is 0 Å². The van der Waals surface area contributed by atoms with Crippen LogP contribution in [-0.2, 0) is 0 Å². The molecule has 2 N–H and O–H groups in total. The molecule has 0 aliphatic heterocycles. The van der Waals surface area contributed by atoms with Gasteiger partial charge in [-0.1, -0.05) is 63.8 Å². The monoisotopic (exact) mass is 303 g/mol. The molecule has 21 heavy (non-hydrogen) atoms. The predicted molar refractivity (Wildman–Crippen MR) is 93.8 cm³/mol. The summed E-state index contributed by atoms with van der Waals surface area (Å²) in [6.45, 7) is 11.3. The first-order valence-corrected chi connectivity index (χ1v) is 11.3. The molecule has 0 radical (unpaired) electrons. The highest BCUT2D eigenvalue weighted by Gasteiger charge is 2.18. The Labute approximate surface area is 131 Å². The summed E-state index contributed by atoms with van der Waals surface area (Å²) in [6.07, 6.45) is 0.839. The standard InChI is InChI=1S/C18H29NOSi/c1-15(2)17(12-9-13-21(3,4)5)19-18(14-20)16-10-7-6-8-11-16/h6-8,10-11,15,17-20H,12,14H2,1-5H3/t17-,18+/m0/s1. The van der Waals surface area contributed by atoms with E-state index in [-0.39, 0.29) is 12.6 Å². The van der Waals surface area contributed by atoms with E-state index in [1.54, 1.807) is 0 Å². The zero-order valence-electron chi connectivity index (χ0n) is 14.0. The first kappa shape index (κ1) is 18.0. The minimum absolute atomic E-state index is 0.0210. The van der Waals surface area contributed by atoms with Crippen molar-refractivity contribution in [3.63, 3.8) is 0 Å². The molecule has 1 rings (SSSR count). The maximum absolute atomic E-state index is 9.67. The van der Waals surface area contributed by atoms with E-state index in [1.165, 1.54) is 0 Å². The molecule has 1 aromatic rings. The third-order valence-electron chi connectivity index (χ3n) is 3.39. The summed E-state index contributed by atoms with van der Waals surface area (Å²) in [5.74, 6) is 3.84. The van der Waals surface area contributed by atoms with Gasteiger partial charge in [0, 0.05) is 12.5 Å². The summed E-state index contributed by atoms with van der Waals surface area (Å²) in [6, 6.07) is 10.4. The van der Waals surface area contributed by atoms with Crippen LogP contribution in [-0.4, -0.2) is 25.8 Å². The minimum Gasteiger partial charge on any atom is -0.394 e. The number of nitrogens with one attached hydrogen (secondary N) is 1. The second-order valence-electron chi connectivity index (χ2n) is 6.92. The van der Waals surface area contributed by atoms with E-state index in [4.69, 9.17) is 0 Å². The van der Waals surface area contributed by atoms with Gasteiger partial charge in [0.05, 0.1) is 12.6 Å². The van der Waals surface area contributed by atoms with E-state index in [2.05, 4.69) is 62.4 Å². The summed E-state index contributed by atoms with van der Waals surface area (Å²) in [4.78, 5) is 0. The van der Waals surface area contributed by atoms with E-state index < -0.39 is 8.07 Å². The third-order valence-corrected chi connectivity index (χ3v) is 4.32. The van der Waals surface area contributed by atoms with Gasteiger partial charge in [-0.2, -0.15) is 0 Å². The van der Waals surface area contributed by atoms with Crippen LogP contribution in [0.3, 0.4) is 0 Å². The molecule has 2 atom stereocenters. The molecule has 0 saturated heterocycles. The lowest BCUT2D eigenvalue weighted by atomic mass is 9.98. The average molecular weight is 304 g/mol. The second kappa shape index (κ2) is 8.38. The van der Waals surface area contributed by atoms with Crippen LogP contribution in [0.4, 0.5) is 0 Å². The van der Waals surface area contributed by atoms with Crippen molar-refractivity contribution in [2.24, 2.45) is 5.92 Å². The van der Waals surface area contributed by atoms with E-state index >= 15 is 0 Å². The van der Waals surface area contributed by atoms with Gasteiger partial charge in [-0.25, -0.2) is 0 Å². The van der Waals surface area contributed by atoms with Crippen molar-refractivity contribution in [2.75, 3.05) is 6.61 Å². The van der Waals surface area contributed by atoms with Crippen LogP contribution < -0.4 is 5.32 Å². The van der Waals surface area contributed by atoms with Gasteiger partial charge in [0.25, 0.3) is 0 Å². The molecular formula is C18H29NOSi. The lowest BCUT2D eigenvalue weighted by molar-refractivity contribution is 0.222. The molecule has 0 amide bonds. The van der Waals surface area contributed by atoms with Crippen LogP contribution in [0.2, 0.25) is 19.6 Å². The minimum atomic E-state index is -1.31. The fourth-order valence-electron chi connectivity index (χ4n) is 2.11. The van der Waals surface area contributed by atoms with Crippen molar-refractivity contribution >= 4 is 8.07 Å². The maximum Gasteiger partial charge on any atom is 0.129 e. The Bertz CT molecular complexity index is 467. The van der Waals surface area contributed by atoms with Crippen molar-refractivity contribution in [3.05, 3.63) is 35.9 Å². The third kappa shape index (κ3) is 6.95. The molecule has 0 bridgehead atoms. The average Bonchev–Trinajstić information content (AvgIpc) is 2.42. The number of hydrogen-bond acceptors (Lipinski definition) is 2. The molecule has 0 unspecified atom stereocenters. The smallest absolute Gasteiger partial charge is 0.129 e. The zero-order chi connectivity index (χ0) is 15.9. The van der Waals surface area contributed by atoms with Gasteiger partial charge in [-0.3, -0.25) is 0 Å². The SMILES string of the molecule is CC(C)[C@H](CC#C[Si](C)(C)C)N[C@H](CO)c1ccccc1. The molecule has 0 spiro atoms. The highest BCUT2D eigenvalue weighted by Crippen LogP contribution is 2.16. The molecule has 0 aliphatic rings. The quantitative estimate of drug-likeness (QED) is 0.621. The van der Waals surface area contributed by atoms with Crippen molar-refractivity contribution in [1.82, 2.24) is 5.32 Å². The van der Waals surface area contributed by atoms with Crippen LogP contribution >= 0.6 is 0 Å². The molecule has 0 aliphatic carbocycles. The normalized spacial score (nSPS) is 14.4. The Balaban J connectivity index is 2.74. The van der Waals surface area contributed by atoms with E-state index in [9.17, 15) is 5.11 Å². The highest BCUT2D eigenvalue weighted by atomic mass is 28.3. The largest absolute Gasteiger partial charge is 0.394 e. The van der Waals surface area contributed by atoms with Crippen molar-refractivity contribution in [3.8, 4) is 11.5 Å². The van der Waals surface area contributed by atoms with E-state index in [1.807, 2.05) is 18.2 Å².